The second kappa shape index (κ2) is 13.5. The first-order valence-corrected chi connectivity index (χ1v) is 9.04. The summed E-state index contributed by atoms with van der Waals surface area (Å²) in [5.41, 5.74) is 2.61. The molecule has 1 saturated heterocycles. The van der Waals surface area contributed by atoms with E-state index in [-0.39, 0.29) is 18.4 Å². The van der Waals surface area contributed by atoms with Crippen molar-refractivity contribution >= 4 is 11.9 Å². The Morgan fingerprint density at radius 1 is 1.04 bits per heavy atom. The fourth-order valence-electron chi connectivity index (χ4n) is 2.12. The van der Waals surface area contributed by atoms with E-state index in [0.717, 1.165) is 12.8 Å². The van der Waals surface area contributed by atoms with E-state index in [1.807, 2.05) is 6.08 Å². The molecule has 0 aliphatic carbocycles. The van der Waals surface area contributed by atoms with Crippen LogP contribution in [0.1, 0.15) is 60.8 Å². The molecule has 1 aliphatic rings. The zero-order valence-electron chi connectivity index (χ0n) is 17.1. The van der Waals surface area contributed by atoms with Gasteiger partial charge >= 0.3 is 11.9 Å². The average molecular weight is 370 g/mol. The third-order valence-corrected chi connectivity index (χ3v) is 3.48. The SMILES string of the molecule is CC(=O)OC/C=C(\C)CCC=C(C)C.CCOC(=O)CC1(C)OCCO1. The number of allylic oxidation sites excluding steroid dienone is 3. The summed E-state index contributed by atoms with van der Waals surface area (Å²) >= 11 is 0. The number of esters is 2. The molecule has 0 aromatic rings. The van der Waals surface area contributed by atoms with Gasteiger partial charge in [-0.05, 0) is 53.5 Å². The number of rotatable bonds is 8. The molecule has 1 rings (SSSR count). The van der Waals surface area contributed by atoms with E-state index in [2.05, 4.69) is 26.8 Å². The van der Waals surface area contributed by atoms with Crippen molar-refractivity contribution in [1.29, 1.82) is 0 Å². The molecule has 0 amide bonds. The van der Waals surface area contributed by atoms with Crippen molar-refractivity contribution in [3.8, 4) is 0 Å². The summed E-state index contributed by atoms with van der Waals surface area (Å²) in [6.45, 7) is 13.1. The van der Waals surface area contributed by atoms with Crippen molar-refractivity contribution in [2.75, 3.05) is 26.4 Å². The van der Waals surface area contributed by atoms with Crippen LogP contribution in [-0.2, 0) is 28.5 Å². The van der Waals surface area contributed by atoms with Gasteiger partial charge in [0.05, 0.1) is 26.2 Å². The van der Waals surface area contributed by atoms with Gasteiger partial charge in [-0.3, -0.25) is 9.59 Å². The Morgan fingerprint density at radius 2 is 1.65 bits per heavy atom. The minimum atomic E-state index is -0.758. The van der Waals surface area contributed by atoms with Crippen LogP contribution < -0.4 is 0 Å². The highest BCUT2D eigenvalue weighted by Gasteiger charge is 2.34. The summed E-state index contributed by atoms with van der Waals surface area (Å²) < 4.78 is 20.0. The Labute approximate surface area is 157 Å². The standard InChI is InChI=1S/C12H20O2.C8H14O4/c1-10(2)6-5-7-11(3)8-9-14-12(4)13;1-3-10-7(9)6-8(2)11-4-5-12-8/h6,8H,5,7,9H2,1-4H3;3-6H2,1-2H3/b11-8+;. The minimum Gasteiger partial charge on any atom is -0.466 e. The predicted octanol–water partition coefficient (Wildman–Crippen LogP) is 3.94. The van der Waals surface area contributed by atoms with Crippen molar-refractivity contribution in [3.05, 3.63) is 23.3 Å². The molecule has 0 atom stereocenters. The summed E-state index contributed by atoms with van der Waals surface area (Å²) in [7, 11) is 0. The molecular weight excluding hydrogens is 336 g/mol. The van der Waals surface area contributed by atoms with Crippen molar-refractivity contribution < 1.29 is 28.5 Å². The molecular formula is C20H34O6. The minimum absolute atomic E-state index is 0.167. The number of hydrogen-bond acceptors (Lipinski definition) is 6. The Hall–Kier alpha value is -1.66. The largest absolute Gasteiger partial charge is 0.466 e. The van der Waals surface area contributed by atoms with Gasteiger partial charge in [-0.25, -0.2) is 0 Å². The fourth-order valence-corrected chi connectivity index (χ4v) is 2.12. The molecule has 0 saturated carbocycles. The number of hydrogen-bond donors (Lipinski definition) is 0. The molecule has 0 spiro atoms. The lowest BCUT2D eigenvalue weighted by Gasteiger charge is -2.20. The molecule has 6 heteroatoms. The summed E-state index contributed by atoms with van der Waals surface area (Å²) in [5, 5.41) is 0. The van der Waals surface area contributed by atoms with Crippen LogP contribution in [0.15, 0.2) is 23.3 Å². The second-order valence-corrected chi connectivity index (χ2v) is 6.49. The molecule has 26 heavy (non-hydrogen) atoms. The van der Waals surface area contributed by atoms with Gasteiger partial charge in [0.25, 0.3) is 0 Å². The van der Waals surface area contributed by atoms with E-state index >= 15 is 0 Å². The highest BCUT2D eigenvalue weighted by molar-refractivity contribution is 5.70. The van der Waals surface area contributed by atoms with E-state index in [9.17, 15) is 9.59 Å². The van der Waals surface area contributed by atoms with Crippen LogP contribution >= 0.6 is 0 Å². The van der Waals surface area contributed by atoms with Crippen LogP contribution in [0.25, 0.3) is 0 Å². The number of carbonyl (C=O) groups excluding carboxylic acids is 2. The molecule has 0 aromatic heterocycles. The summed E-state index contributed by atoms with van der Waals surface area (Å²) in [6, 6.07) is 0. The van der Waals surface area contributed by atoms with E-state index < -0.39 is 5.79 Å². The molecule has 0 radical (unpaired) electrons. The third kappa shape index (κ3) is 13.6. The predicted molar refractivity (Wildman–Crippen MR) is 101 cm³/mol. The lowest BCUT2D eigenvalue weighted by atomic mass is 10.1. The topological polar surface area (TPSA) is 71.1 Å². The monoisotopic (exact) mass is 370 g/mol. The van der Waals surface area contributed by atoms with Crippen molar-refractivity contribution in [3.63, 3.8) is 0 Å². The fraction of sp³-hybridized carbons (Fsp3) is 0.700. The van der Waals surface area contributed by atoms with Gasteiger partial charge in [-0.15, -0.1) is 0 Å². The molecule has 0 bridgehead atoms. The molecule has 1 fully saturated rings. The van der Waals surface area contributed by atoms with Gasteiger partial charge in [0.2, 0.25) is 0 Å². The highest BCUT2D eigenvalue weighted by atomic mass is 16.7. The van der Waals surface area contributed by atoms with Crippen LogP contribution in [0.4, 0.5) is 0 Å². The summed E-state index contributed by atoms with van der Waals surface area (Å²) in [5.74, 6) is -1.26. The Bertz CT molecular complexity index is 483. The van der Waals surface area contributed by atoms with Gasteiger partial charge in [-0.1, -0.05) is 17.2 Å². The summed E-state index contributed by atoms with van der Waals surface area (Å²) in [4.78, 5) is 21.5. The molecule has 150 valence electrons. The Morgan fingerprint density at radius 3 is 2.15 bits per heavy atom. The molecule has 0 unspecified atom stereocenters. The van der Waals surface area contributed by atoms with Gasteiger partial charge in [0.1, 0.15) is 6.61 Å². The number of carbonyl (C=O) groups is 2. The first-order chi connectivity index (χ1) is 12.2. The maximum absolute atomic E-state index is 11.0. The van der Waals surface area contributed by atoms with Gasteiger partial charge < -0.3 is 18.9 Å². The smallest absolute Gasteiger partial charge is 0.311 e. The maximum atomic E-state index is 11.0. The van der Waals surface area contributed by atoms with E-state index in [1.165, 1.54) is 18.1 Å². The van der Waals surface area contributed by atoms with Crippen LogP contribution in [0, 0.1) is 0 Å². The van der Waals surface area contributed by atoms with Crippen LogP contribution in [0.2, 0.25) is 0 Å². The zero-order chi connectivity index (χ0) is 20.0. The first kappa shape index (κ1) is 24.3. The van der Waals surface area contributed by atoms with Crippen molar-refractivity contribution in [2.24, 2.45) is 0 Å². The highest BCUT2D eigenvalue weighted by Crippen LogP contribution is 2.22. The van der Waals surface area contributed by atoms with Gasteiger partial charge in [0, 0.05) is 6.92 Å². The Balaban J connectivity index is 0.000000485. The lowest BCUT2D eigenvalue weighted by Crippen LogP contribution is -2.29. The van der Waals surface area contributed by atoms with Gasteiger partial charge in [0.15, 0.2) is 5.79 Å². The van der Waals surface area contributed by atoms with E-state index in [0.29, 0.717) is 26.4 Å². The van der Waals surface area contributed by atoms with E-state index in [4.69, 9.17) is 18.9 Å². The van der Waals surface area contributed by atoms with E-state index in [1.54, 1.807) is 13.8 Å². The normalized spacial score (nSPS) is 15.5. The summed E-state index contributed by atoms with van der Waals surface area (Å²) in [6.07, 6.45) is 6.43. The van der Waals surface area contributed by atoms with Crippen LogP contribution in [0.3, 0.4) is 0 Å². The molecule has 1 heterocycles. The molecule has 6 nitrogen and oxygen atoms in total. The average Bonchev–Trinajstić information content (AvgIpc) is 2.93. The zero-order valence-corrected chi connectivity index (χ0v) is 17.1. The lowest BCUT2D eigenvalue weighted by molar-refractivity contribution is -0.174. The van der Waals surface area contributed by atoms with Gasteiger partial charge in [-0.2, -0.15) is 0 Å². The molecule has 1 aliphatic heterocycles. The molecule has 0 N–H and O–H groups in total. The quantitative estimate of drug-likeness (QED) is 0.476. The maximum Gasteiger partial charge on any atom is 0.311 e. The first-order valence-electron chi connectivity index (χ1n) is 9.04. The Kier molecular flexibility index (Phi) is 12.7. The van der Waals surface area contributed by atoms with Crippen molar-refractivity contribution in [2.45, 2.75) is 66.6 Å². The number of ether oxygens (including phenoxy) is 4. The second-order valence-electron chi connectivity index (χ2n) is 6.49. The van der Waals surface area contributed by atoms with Crippen LogP contribution in [-0.4, -0.2) is 44.2 Å². The third-order valence-electron chi connectivity index (χ3n) is 3.48. The molecule has 0 aromatic carbocycles. The van der Waals surface area contributed by atoms with Crippen LogP contribution in [0.5, 0.6) is 0 Å². The van der Waals surface area contributed by atoms with Crippen molar-refractivity contribution in [1.82, 2.24) is 0 Å².